The fourth-order valence-corrected chi connectivity index (χ4v) is 3.47. The van der Waals surface area contributed by atoms with Crippen LogP contribution in [0.4, 0.5) is 5.69 Å². The molecule has 2 aliphatic heterocycles. The van der Waals surface area contributed by atoms with E-state index in [4.69, 9.17) is 21.1 Å². The molecule has 2 aliphatic rings. The molecule has 1 saturated heterocycles. The second-order valence-corrected chi connectivity index (χ2v) is 7.08. The number of nitrogens with one attached hydrogen (secondary N) is 1. The lowest BCUT2D eigenvalue weighted by Gasteiger charge is -2.17. The molecule has 0 aliphatic carbocycles. The van der Waals surface area contributed by atoms with E-state index < -0.39 is 5.92 Å². The lowest BCUT2D eigenvalue weighted by atomic mass is 10.1. The van der Waals surface area contributed by atoms with Crippen LogP contribution in [0, 0.1) is 12.8 Å². The third-order valence-electron chi connectivity index (χ3n) is 4.89. The van der Waals surface area contributed by atoms with Gasteiger partial charge in [0.15, 0.2) is 11.5 Å². The van der Waals surface area contributed by atoms with Gasteiger partial charge in [0.05, 0.1) is 0 Å². The van der Waals surface area contributed by atoms with Gasteiger partial charge in [-0.2, -0.15) is 0 Å². The third-order valence-corrected chi connectivity index (χ3v) is 5.30. The molecule has 4 rings (SSSR count). The van der Waals surface area contributed by atoms with E-state index in [9.17, 15) is 9.59 Å². The van der Waals surface area contributed by atoms with Crippen LogP contribution in [0.3, 0.4) is 0 Å². The zero-order chi connectivity index (χ0) is 19.0. The molecule has 0 bridgehead atoms. The number of aryl methyl sites for hydroxylation is 1. The van der Waals surface area contributed by atoms with Gasteiger partial charge < -0.3 is 19.7 Å². The van der Waals surface area contributed by atoms with Crippen molar-refractivity contribution in [3.63, 3.8) is 0 Å². The molecular weight excluding hydrogens is 368 g/mol. The molecule has 2 amide bonds. The van der Waals surface area contributed by atoms with Crippen molar-refractivity contribution in [2.75, 3.05) is 18.2 Å². The molecule has 2 heterocycles. The maximum atomic E-state index is 12.7. The SMILES string of the molecule is Cc1ccc(N2CCC(C(=O)NCc3ccc4c(c3)OCO4)C2=O)cc1Cl. The summed E-state index contributed by atoms with van der Waals surface area (Å²) in [4.78, 5) is 26.8. The first-order valence-electron chi connectivity index (χ1n) is 8.77. The molecule has 0 spiro atoms. The number of benzene rings is 2. The van der Waals surface area contributed by atoms with E-state index in [-0.39, 0.29) is 18.6 Å². The Balaban J connectivity index is 1.39. The van der Waals surface area contributed by atoms with Crippen molar-refractivity contribution in [3.8, 4) is 11.5 Å². The number of rotatable bonds is 4. The van der Waals surface area contributed by atoms with E-state index in [1.807, 2.05) is 37.3 Å². The summed E-state index contributed by atoms with van der Waals surface area (Å²) >= 11 is 6.16. The van der Waals surface area contributed by atoms with Crippen LogP contribution in [-0.2, 0) is 16.1 Å². The molecule has 2 aromatic rings. The van der Waals surface area contributed by atoms with E-state index >= 15 is 0 Å². The van der Waals surface area contributed by atoms with Crippen LogP contribution in [-0.4, -0.2) is 25.2 Å². The molecular formula is C20H19ClN2O4. The average molecular weight is 387 g/mol. The summed E-state index contributed by atoms with van der Waals surface area (Å²) in [6.45, 7) is 2.95. The van der Waals surface area contributed by atoms with Crippen LogP contribution in [0.25, 0.3) is 0 Å². The summed E-state index contributed by atoms with van der Waals surface area (Å²) in [5.74, 6) is 0.222. The van der Waals surface area contributed by atoms with Crippen LogP contribution in [0.5, 0.6) is 11.5 Å². The van der Waals surface area contributed by atoms with Crippen molar-refractivity contribution < 1.29 is 19.1 Å². The largest absolute Gasteiger partial charge is 0.454 e. The second kappa shape index (κ2) is 7.12. The Labute approximate surface area is 162 Å². The lowest BCUT2D eigenvalue weighted by Crippen LogP contribution is -2.36. The normalized spacial score (nSPS) is 18.1. The van der Waals surface area contributed by atoms with Crippen molar-refractivity contribution in [2.24, 2.45) is 5.92 Å². The van der Waals surface area contributed by atoms with Gasteiger partial charge in [0, 0.05) is 23.8 Å². The smallest absolute Gasteiger partial charge is 0.239 e. The van der Waals surface area contributed by atoms with Crippen LogP contribution in [0.2, 0.25) is 5.02 Å². The van der Waals surface area contributed by atoms with Gasteiger partial charge >= 0.3 is 0 Å². The van der Waals surface area contributed by atoms with Crippen molar-refractivity contribution in [3.05, 3.63) is 52.5 Å². The van der Waals surface area contributed by atoms with E-state index in [0.717, 1.165) is 16.8 Å². The van der Waals surface area contributed by atoms with Crippen LogP contribution in [0.1, 0.15) is 17.5 Å². The van der Waals surface area contributed by atoms with Crippen LogP contribution < -0.4 is 19.7 Å². The fourth-order valence-electron chi connectivity index (χ4n) is 3.29. The number of halogens is 1. The first-order valence-corrected chi connectivity index (χ1v) is 9.14. The quantitative estimate of drug-likeness (QED) is 0.820. The molecule has 7 heteroatoms. The number of hydrogen-bond donors (Lipinski definition) is 1. The molecule has 1 N–H and O–H groups in total. The minimum absolute atomic E-state index is 0.196. The molecule has 2 aromatic carbocycles. The van der Waals surface area contributed by atoms with Gasteiger partial charge in [-0.15, -0.1) is 0 Å². The van der Waals surface area contributed by atoms with Crippen LogP contribution >= 0.6 is 11.6 Å². The highest BCUT2D eigenvalue weighted by Gasteiger charge is 2.37. The van der Waals surface area contributed by atoms with Gasteiger partial charge in [0.25, 0.3) is 0 Å². The van der Waals surface area contributed by atoms with E-state index in [0.29, 0.717) is 36.0 Å². The van der Waals surface area contributed by atoms with Gasteiger partial charge in [-0.25, -0.2) is 0 Å². The van der Waals surface area contributed by atoms with E-state index in [1.54, 1.807) is 11.0 Å². The van der Waals surface area contributed by atoms with Gasteiger partial charge in [0.1, 0.15) is 5.92 Å². The molecule has 140 valence electrons. The first-order chi connectivity index (χ1) is 13.0. The molecule has 1 unspecified atom stereocenters. The van der Waals surface area contributed by atoms with Gasteiger partial charge in [0.2, 0.25) is 18.6 Å². The summed E-state index contributed by atoms with van der Waals surface area (Å²) in [5, 5.41) is 3.45. The number of anilines is 1. The van der Waals surface area contributed by atoms with E-state index in [2.05, 4.69) is 5.32 Å². The van der Waals surface area contributed by atoms with Gasteiger partial charge in [-0.3, -0.25) is 9.59 Å². The maximum Gasteiger partial charge on any atom is 0.239 e. The minimum Gasteiger partial charge on any atom is -0.454 e. The Morgan fingerprint density at radius 2 is 2.04 bits per heavy atom. The maximum absolute atomic E-state index is 12.7. The average Bonchev–Trinajstić information content (AvgIpc) is 3.28. The number of fused-ring (bicyclic) bond motifs is 1. The fraction of sp³-hybridized carbons (Fsp3) is 0.300. The number of carbonyl (C=O) groups is 2. The molecule has 1 fully saturated rings. The molecule has 6 nitrogen and oxygen atoms in total. The summed E-state index contributed by atoms with van der Waals surface area (Å²) in [6, 6.07) is 11.0. The zero-order valence-electron chi connectivity index (χ0n) is 14.8. The van der Waals surface area contributed by atoms with Crippen molar-refractivity contribution in [1.82, 2.24) is 5.32 Å². The number of carbonyl (C=O) groups excluding carboxylic acids is 2. The monoisotopic (exact) mass is 386 g/mol. The van der Waals surface area contributed by atoms with E-state index in [1.165, 1.54) is 0 Å². The standard InChI is InChI=1S/C20H19ClN2O4/c1-12-2-4-14(9-16(12)21)23-7-6-15(20(23)25)19(24)22-10-13-3-5-17-18(8-13)27-11-26-17/h2-5,8-9,15H,6-7,10-11H2,1H3,(H,22,24). The predicted octanol–water partition coefficient (Wildman–Crippen LogP) is 3.05. The molecule has 0 radical (unpaired) electrons. The van der Waals surface area contributed by atoms with Crippen molar-refractivity contribution >= 4 is 29.1 Å². The van der Waals surface area contributed by atoms with Gasteiger partial charge in [-0.05, 0) is 48.7 Å². The Bertz CT molecular complexity index is 915. The molecule has 0 aromatic heterocycles. The molecule has 0 saturated carbocycles. The van der Waals surface area contributed by atoms with Gasteiger partial charge in [-0.1, -0.05) is 23.7 Å². The third kappa shape index (κ3) is 3.45. The molecule has 1 atom stereocenters. The predicted molar refractivity (Wildman–Crippen MR) is 101 cm³/mol. The topological polar surface area (TPSA) is 67.9 Å². The highest BCUT2D eigenvalue weighted by atomic mass is 35.5. The highest BCUT2D eigenvalue weighted by molar-refractivity contribution is 6.31. The molecule has 27 heavy (non-hydrogen) atoms. The summed E-state index contributed by atoms with van der Waals surface area (Å²) in [6.07, 6.45) is 0.483. The summed E-state index contributed by atoms with van der Waals surface area (Å²) < 4.78 is 10.6. The van der Waals surface area contributed by atoms with Crippen LogP contribution in [0.15, 0.2) is 36.4 Å². The Hall–Kier alpha value is -2.73. The number of ether oxygens (including phenoxy) is 2. The Morgan fingerprint density at radius 3 is 2.85 bits per heavy atom. The zero-order valence-corrected chi connectivity index (χ0v) is 15.6. The minimum atomic E-state index is -0.681. The lowest BCUT2D eigenvalue weighted by molar-refractivity contribution is -0.132. The van der Waals surface area contributed by atoms with Crippen molar-refractivity contribution in [2.45, 2.75) is 19.9 Å². The Kier molecular flexibility index (Phi) is 4.66. The Morgan fingerprint density at radius 1 is 1.22 bits per heavy atom. The van der Waals surface area contributed by atoms with Crippen molar-refractivity contribution in [1.29, 1.82) is 0 Å². The number of amides is 2. The highest BCUT2D eigenvalue weighted by Crippen LogP contribution is 2.32. The number of hydrogen-bond acceptors (Lipinski definition) is 4. The summed E-state index contributed by atoms with van der Waals surface area (Å²) in [5.41, 5.74) is 2.56. The summed E-state index contributed by atoms with van der Waals surface area (Å²) in [7, 11) is 0. The first kappa shape index (κ1) is 17.7. The number of nitrogens with zero attached hydrogens (tertiary/aromatic N) is 1. The second-order valence-electron chi connectivity index (χ2n) is 6.67.